The quantitative estimate of drug-likeness (QED) is 0.587. The fraction of sp³-hybridized carbons (Fsp3) is 0.588. The standard InChI is InChI=1S/C17H23N3O4S3/c1-2-27(23,24)9-7-18-14(21)6-8-25-10-13-19-16(22)15-11-4-3-5-12(11)26-17(15)20-13/h2-10H2,1H3,(H,18,21)(H,19,20,22). The van der Waals surface area contributed by atoms with Crippen LogP contribution in [0.4, 0.5) is 0 Å². The molecule has 3 rings (SSSR count). The second kappa shape index (κ2) is 8.74. The maximum atomic E-state index is 12.4. The van der Waals surface area contributed by atoms with E-state index in [-0.39, 0.29) is 29.5 Å². The minimum atomic E-state index is -3.06. The van der Waals surface area contributed by atoms with Gasteiger partial charge in [0, 0.05) is 29.3 Å². The number of hydrogen-bond acceptors (Lipinski definition) is 7. The van der Waals surface area contributed by atoms with Crippen LogP contribution in [0, 0.1) is 0 Å². The van der Waals surface area contributed by atoms with Gasteiger partial charge in [0.2, 0.25) is 5.91 Å². The Morgan fingerprint density at radius 2 is 2.19 bits per heavy atom. The number of aromatic amines is 1. The molecule has 0 bridgehead atoms. The molecule has 2 aromatic heterocycles. The van der Waals surface area contributed by atoms with Crippen molar-refractivity contribution in [3.63, 3.8) is 0 Å². The zero-order valence-corrected chi connectivity index (χ0v) is 17.6. The summed E-state index contributed by atoms with van der Waals surface area (Å²) in [4.78, 5) is 33.7. The molecule has 0 spiro atoms. The lowest BCUT2D eigenvalue weighted by Crippen LogP contribution is -2.29. The number of aryl methyl sites for hydroxylation is 2. The third kappa shape index (κ3) is 5.11. The highest BCUT2D eigenvalue weighted by molar-refractivity contribution is 7.98. The van der Waals surface area contributed by atoms with Crippen molar-refractivity contribution < 1.29 is 13.2 Å². The van der Waals surface area contributed by atoms with Gasteiger partial charge in [-0.05, 0) is 24.8 Å². The highest BCUT2D eigenvalue weighted by Gasteiger charge is 2.21. The molecule has 0 fully saturated rings. The number of thioether (sulfide) groups is 1. The Hall–Kier alpha value is -1.39. The SMILES string of the molecule is CCS(=O)(=O)CCNC(=O)CCSCc1nc2sc3c(c2c(=O)[nH]1)CCC3. The summed E-state index contributed by atoms with van der Waals surface area (Å²) in [6.07, 6.45) is 3.41. The molecule has 0 unspecified atom stereocenters. The molecule has 7 nitrogen and oxygen atoms in total. The van der Waals surface area contributed by atoms with Gasteiger partial charge in [-0.25, -0.2) is 13.4 Å². The fourth-order valence-corrected chi connectivity index (χ4v) is 5.81. The number of nitrogens with one attached hydrogen (secondary N) is 2. The van der Waals surface area contributed by atoms with E-state index in [0.29, 0.717) is 23.8 Å². The summed E-state index contributed by atoms with van der Waals surface area (Å²) >= 11 is 3.14. The Morgan fingerprint density at radius 1 is 1.37 bits per heavy atom. The monoisotopic (exact) mass is 429 g/mol. The fourth-order valence-electron chi connectivity index (χ4n) is 3.03. The van der Waals surface area contributed by atoms with Crippen LogP contribution in [-0.2, 0) is 33.2 Å². The van der Waals surface area contributed by atoms with Crippen LogP contribution in [0.1, 0.15) is 36.0 Å². The number of H-pyrrole nitrogens is 1. The van der Waals surface area contributed by atoms with Crippen LogP contribution >= 0.6 is 23.1 Å². The van der Waals surface area contributed by atoms with Crippen molar-refractivity contribution in [1.82, 2.24) is 15.3 Å². The normalized spacial score (nSPS) is 13.8. The van der Waals surface area contributed by atoms with E-state index < -0.39 is 9.84 Å². The average molecular weight is 430 g/mol. The number of fused-ring (bicyclic) bond motifs is 3. The average Bonchev–Trinajstić information content (AvgIpc) is 3.19. The lowest BCUT2D eigenvalue weighted by Gasteiger charge is -2.05. The predicted molar refractivity (Wildman–Crippen MR) is 110 cm³/mol. The van der Waals surface area contributed by atoms with Crippen molar-refractivity contribution >= 4 is 49.1 Å². The molecule has 2 heterocycles. The number of hydrogen-bond donors (Lipinski definition) is 2. The molecule has 148 valence electrons. The molecule has 0 aliphatic heterocycles. The Bertz CT molecular complexity index is 995. The van der Waals surface area contributed by atoms with Crippen LogP contribution in [0.5, 0.6) is 0 Å². The molecule has 1 amide bonds. The van der Waals surface area contributed by atoms with Gasteiger partial charge in [-0.15, -0.1) is 11.3 Å². The highest BCUT2D eigenvalue weighted by atomic mass is 32.2. The van der Waals surface area contributed by atoms with E-state index in [1.807, 2.05) is 0 Å². The molecular weight excluding hydrogens is 406 g/mol. The number of nitrogens with zero attached hydrogens (tertiary/aromatic N) is 1. The summed E-state index contributed by atoms with van der Waals surface area (Å²) in [6, 6.07) is 0. The Balaban J connectivity index is 1.46. The number of carbonyl (C=O) groups is 1. The molecule has 0 aromatic carbocycles. The maximum absolute atomic E-state index is 12.4. The summed E-state index contributed by atoms with van der Waals surface area (Å²) < 4.78 is 22.7. The summed E-state index contributed by atoms with van der Waals surface area (Å²) in [7, 11) is -3.06. The smallest absolute Gasteiger partial charge is 0.259 e. The van der Waals surface area contributed by atoms with Crippen LogP contribution < -0.4 is 10.9 Å². The van der Waals surface area contributed by atoms with E-state index in [2.05, 4.69) is 15.3 Å². The van der Waals surface area contributed by atoms with E-state index >= 15 is 0 Å². The van der Waals surface area contributed by atoms with Crippen molar-refractivity contribution in [2.24, 2.45) is 0 Å². The molecule has 0 saturated carbocycles. The Morgan fingerprint density at radius 3 is 2.96 bits per heavy atom. The van der Waals surface area contributed by atoms with Gasteiger partial charge in [-0.1, -0.05) is 6.92 Å². The molecule has 0 radical (unpaired) electrons. The molecule has 2 aromatic rings. The van der Waals surface area contributed by atoms with Crippen LogP contribution in [-0.4, -0.2) is 48.1 Å². The lowest BCUT2D eigenvalue weighted by molar-refractivity contribution is -0.120. The molecule has 0 atom stereocenters. The second-order valence-corrected chi connectivity index (χ2v) is 11.1. The molecule has 2 N–H and O–H groups in total. The largest absolute Gasteiger partial charge is 0.355 e. The topological polar surface area (TPSA) is 109 Å². The number of carbonyl (C=O) groups excluding carboxylic acids is 1. The first-order valence-electron chi connectivity index (χ1n) is 8.98. The molecule has 10 heteroatoms. The Labute approximate surface area is 166 Å². The minimum absolute atomic E-state index is 0.0294. The van der Waals surface area contributed by atoms with Crippen molar-refractivity contribution in [2.45, 2.75) is 38.4 Å². The van der Waals surface area contributed by atoms with Gasteiger partial charge in [-0.2, -0.15) is 11.8 Å². The number of aromatic nitrogens is 2. The first-order valence-corrected chi connectivity index (χ1v) is 12.8. The van der Waals surface area contributed by atoms with Crippen molar-refractivity contribution in [3.05, 3.63) is 26.6 Å². The second-order valence-electron chi connectivity index (χ2n) is 6.44. The maximum Gasteiger partial charge on any atom is 0.259 e. The van der Waals surface area contributed by atoms with Gasteiger partial charge >= 0.3 is 0 Å². The zero-order chi connectivity index (χ0) is 19.4. The minimum Gasteiger partial charge on any atom is -0.355 e. The molecule has 27 heavy (non-hydrogen) atoms. The zero-order valence-electron chi connectivity index (χ0n) is 15.2. The van der Waals surface area contributed by atoms with Crippen LogP contribution in [0.2, 0.25) is 0 Å². The van der Waals surface area contributed by atoms with Gasteiger partial charge in [0.1, 0.15) is 10.7 Å². The first kappa shape index (κ1) is 20.3. The van der Waals surface area contributed by atoms with E-state index in [0.717, 1.165) is 29.5 Å². The third-order valence-electron chi connectivity index (χ3n) is 4.51. The van der Waals surface area contributed by atoms with Gasteiger partial charge in [0.05, 0.1) is 16.9 Å². The number of sulfone groups is 1. The van der Waals surface area contributed by atoms with E-state index in [1.165, 1.54) is 22.2 Å². The predicted octanol–water partition coefficient (Wildman–Crippen LogP) is 1.65. The van der Waals surface area contributed by atoms with Crippen LogP contribution in [0.25, 0.3) is 10.2 Å². The molecule has 0 saturated heterocycles. The summed E-state index contributed by atoms with van der Waals surface area (Å²) in [5.41, 5.74) is 1.11. The van der Waals surface area contributed by atoms with Crippen LogP contribution in [0.3, 0.4) is 0 Å². The van der Waals surface area contributed by atoms with E-state index in [4.69, 9.17) is 0 Å². The van der Waals surface area contributed by atoms with E-state index in [1.54, 1.807) is 18.3 Å². The molecular formula is C17H23N3O4S3. The van der Waals surface area contributed by atoms with Crippen LogP contribution in [0.15, 0.2) is 4.79 Å². The third-order valence-corrected chi connectivity index (χ3v) is 8.37. The number of amides is 1. The highest BCUT2D eigenvalue weighted by Crippen LogP contribution is 2.34. The summed E-state index contributed by atoms with van der Waals surface area (Å²) in [6.45, 7) is 1.74. The first-order chi connectivity index (χ1) is 12.9. The Kier molecular flexibility index (Phi) is 6.59. The van der Waals surface area contributed by atoms with Crippen molar-refractivity contribution in [2.75, 3.05) is 23.8 Å². The number of rotatable bonds is 9. The van der Waals surface area contributed by atoms with Crippen molar-refractivity contribution in [1.29, 1.82) is 0 Å². The van der Waals surface area contributed by atoms with Gasteiger partial charge in [-0.3, -0.25) is 9.59 Å². The molecule has 1 aliphatic rings. The van der Waals surface area contributed by atoms with E-state index in [9.17, 15) is 18.0 Å². The van der Waals surface area contributed by atoms with Crippen molar-refractivity contribution in [3.8, 4) is 0 Å². The lowest BCUT2D eigenvalue weighted by atomic mass is 10.2. The van der Waals surface area contributed by atoms with Gasteiger partial charge in [0.25, 0.3) is 5.56 Å². The summed E-state index contributed by atoms with van der Waals surface area (Å²) in [5.74, 6) is 1.63. The molecule has 1 aliphatic carbocycles. The van der Waals surface area contributed by atoms with Gasteiger partial charge in [0.15, 0.2) is 9.84 Å². The van der Waals surface area contributed by atoms with Gasteiger partial charge < -0.3 is 10.3 Å². The number of thiophene rings is 1. The summed E-state index contributed by atoms with van der Waals surface area (Å²) in [5, 5.41) is 3.38.